The van der Waals surface area contributed by atoms with Gasteiger partial charge in [0, 0.05) is 25.0 Å². The Hall–Kier alpha value is -1.29. The van der Waals surface area contributed by atoms with Gasteiger partial charge < -0.3 is 4.90 Å². The second kappa shape index (κ2) is 7.12. The van der Waals surface area contributed by atoms with Crippen molar-refractivity contribution in [1.82, 2.24) is 0 Å². The lowest BCUT2D eigenvalue weighted by Gasteiger charge is -2.35. The minimum absolute atomic E-state index is 0.160. The second-order valence-corrected chi connectivity index (χ2v) is 6.17. The minimum atomic E-state index is -0.306. The molecule has 0 bridgehead atoms. The van der Waals surface area contributed by atoms with E-state index in [0.29, 0.717) is 17.6 Å². The fourth-order valence-corrected chi connectivity index (χ4v) is 3.40. The highest BCUT2D eigenvalue weighted by Gasteiger charge is 2.27. The van der Waals surface area contributed by atoms with Crippen molar-refractivity contribution in [1.29, 1.82) is 0 Å². The van der Waals surface area contributed by atoms with Gasteiger partial charge >= 0.3 is 0 Å². The number of anilines is 1. The predicted octanol–water partition coefficient (Wildman–Crippen LogP) is 4.74. The van der Waals surface area contributed by atoms with Gasteiger partial charge in [-0.1, -0.05) is 19.4 Å². The van der Waals surface area contributed by atoms with Crippen molar-refractivity contribution in [3.05, 3.63) is 33.9 Å². The molecule has 116 valence electrons. The molecule has 1 aromatic rings. The van der Waals surface area contributed by atoms with Crippen LogP contribution in [0, 0.1) is 16.0 Å². The van der Waals surface area contributed by atoms with E-state index in [-0.39, 0.29) is 10.6 Å². The Morgan fingerprint density at radius 3 is 2.52 bits per heavy atom. The topological polar surface area (TPSA) is 46.4 Å². The largest absolute Gasteiger partial charge is 0.366 e. The quantitative estimate of drug-likeness (QED) is 0.448. The molecule has 0 saturated heterocycles. The van der Waals surface area contributed by atoms with Crippen LogP contribution in [-0.2, 0) is 5.88 Å². The zero-order valence-corrected chi connectivity index (χ0v) is 13.5. The van der Waals surface area contributed by atoms with Crippen LogP contribution in [0.4, 0.5) is 11.4 Å². The van der Waals surface area contributed by atoms with Crippen LogP contribution in [0.1, 0.15) is 44.6 Å². The van der Waals surface area contributed by atoms with E-state index in [9.17, 15) is 10.1 Å². The van der Waals surface area contributed by atoms with E-state index in [1.54, 1.807) is 6.07 Å². The molecule has 0 unspecified atom stereocenters. The number of nitro benzene ring substituents is 1. The molecule has 0 atom stereocenters. The number of nitro groups is 1. The highest BCUT2D eigenvalue weighted by molar-refractivity contribution is 6.17. The average molecular weight is 311 g/mol. The van der Waals surface area contributed by atoms with E-state index >= 15 is 0 Å². The maximum atomic E-state index is 11.3. The zero-order chi connectivity index (χ0) is 15.4. The Morgan fingerprint density at radius 2 is 2.00 bits per heavy atom. The first-order valence-electron chi connectivity index (χ1n) is 7.62. The van der Waals surface area contributed by atoms with Gasteiger partial charge in [0.1, 0.15) is 5.69 Å². The molecule has 5 heteroatoms. The summed E-state index contributed by atoms with van der Waals surface area (Å²) in [6.45, 7) is 2.24. The third kappa shape index (κ3) is 3.67. The standard InChI is InChI=1S/C16H23ClN2O2/c1-3-12-4-7-14(8-5-12)18(2)15-9-6-13(11-17)10-16(15)19(20)21/h6,9-10,12,14H,3-5,7-8,11H2,1-2H3. The van der Waals surface area contributed by atoms with Crippen molar-refractivity contribution in [2.75, 3.05) is 11.9 Å². The molecule has 1 aliphatic rings. The van der Waals surface area contributed by atoms with Crippen LogP contribution < -0.4 is 4.90 Å². The number of rotatable bonds is 5. The van der Waals surface area contributed by atoms with E-state index < -0.39 is 0 Å². The fourth-order valence-electron chi connectivity index (χ4n) is 3.23. The van der Waals surface area contributed by atoms with Crippen molar-refractivity contribution < 1.29 is 4.92 Å². The maximum absolute atomic E-state index is 11.3. The van der Waals surface area contributed by atoms with Gasteiger partial charge in [-0.3, -0.25) is 10.1 Å². The van der Waals surface area contributed by atoms with Crippen LogP contribution in [0.5, 0.6) is 0 Å². The number of nitrogens with zero attached hydrogens (tertiary/aromatic N) is 2. The van der Waals surface area contributed by atoms with E-state index in [4.69, 9.17) is 11.6 Å². The van der Waals surface area contributed by atoms with Crippen LogP contribution in [0.25, 0.3) is 0 Å². The van der Waals surface area contributed by atoms with Gasteiger partial charge in [0.15, 0.2) is 0 Å². The molecule has 1 saturated carbocycles. The van der Waals surface area contributed by atoms with Gasteiger partial charge in [-0.25, -0.2) is 0 Å². The van der Waals surface area contributed by atoms with Crippen molar-refractivity contribution in [3.8, 4) is 0 Å². The summed E-state index contributed by atoms with van der Waals surface area (Å²) in [6.07, 6.45) is 5.91. The molecule has 1 aliphatic carbocycles. The van der Waals surface area contributed by atoms with Crippen LogP contribution in [0.15, 0.2) is 18.2 Å². The van der Waals surface area contributed by atoms with Gasteiger partial charge in [-0.05, 0) is 43.2 Å². The number of halogens is 1. The molecule has 0 spiro atoms. The van der Waals surface area contributed by atoms with E-state index in [2.05, 4.69) is 11.8 Å². The van der Waals surface area contributed by atoms with Crippen molar-refractivity contribution in [2.45, 2.75) is 50.9 Å². The Balaban J connectivity index is 2.19. The molecule has 0 heterocycles. The Kier molecular flexibility index (Phi) is 5.45. The Labute approximate surface area is 131 Å². The number of benzene rings is 1. The molecular weight excluding hydrogens is 288 g/mol. The number of hydrogen-bond acceptors (Lipinski definition) is 3. The summed E-state index contributed by atoms with van der Waals surface area (Å²) in [5, 5.41) is 11.3. The summed E-state index contributed by atoms with van der Waals surface area (Å²) in [4.78, 5) is 13.1. The van der Waals surface area contributed by atoms with E-state index in [1.807, 2.05) is 19.2 Å². The van der Waals surface area contributed by atoms with Gasteiger partial charge in [0.2, 0.25) is 0 Å². The SMILES string of the molecule is CCC1CCC(N(C)c2ccc(CCl)cc2[N+](=O)[O-])CC1. The van der Waals surface area contributed by atoms with Crippen LogP contribution in [-0.4, -0.2) is 18.0 Å². The highest BCUT2D eigenvalue weighted by atomic mass is 35.5. The molecular formula is C16H23ClN2O2. The van der Waals surface area contributed by atoms with Gasteiger partial charge in [-0.2, -0.15) is 0 Å². The Bertz CT molecular complexity index is 499. The normalized spacial score (nSPS) is 22.0. The summed E-state index contributed by atoms with van der Waals surface area (Å²) in [6, 6.07) is 5.70. The van der Waals surface area contributed by atoms with E-state index in [0.717, 1.165) is 24.3 Å². The van der Waals surface area contributed by atoms with Gasteiger partial charge in [-0.15, -0.1) is 11.6 Å². The molecule has 1 fully saturated rings. The van der Waals surface area contributed by atoms with Crippen molar-refractivity contribution >= 4 is 23.0 Å². The molecule has 21 heavy (non-hydrogen) atoms. The lowest BCUT2D eigenvalue weighted by molar-refractivity contribution is -0.384. The monoisotopic (exact) mass is 310 g/mol. The smallest absolute Gasteiger partial charge is 0.292 e. The summed E-state index contributed by atoms with van der Waals surface area (Å²) in [5.74, 6) is 1.12. The van der Waals surface area contributed by atoms with Crippen molar-refractivity contribution in [3.63, 3.8) is 0 Å². The number of alkyl halides is 1. The molecule has 0 radical (unpaired) electrons. The number of hydrogen-bond donors (Lipinski definition) is 0. The molecule has 0 aromatic heterocycles. The first kappa shape index (κ1) is 16.1. The summed E-state index contributed by atoms with van der Waals surface area (Å²) >= 11 is 5.78. The lowest BCUT2D eigenvalue weighted by atomic mass is 9.84. The predicted molar refractivity (Wildman–Crippen MR) is 87.1 cm³/mol. The highest BCUT2D eigenvalue weighted by Crippen LogP contribution is 2.35. The molecule has 0 aliphatic heterocycles. The van der Waals surface area contributed by atoms with Crippen LogP contribution in [0.3, 0.4) is 0 Å². The first-order chi connectivity index (χ1) is 10.1. The maximum Gasteiger partial charge on any atom is 0.292 e. The second-order valence-electron chi connectivity index (χ2n) is 5.91. The zero-order valence-electron chi connectivity index (χ0n) is 12.7. The lowest BCUT2D eigenvalue weighted by Crippen LogP contribution is -2.35. The van der Waals surface area contributed by atoms with Crippen LogP contribution >= 0.6 is 11.6 Å². The summed E-state index contributed by atoms with van der Waals surface area (Å²) < 4.78 is 0. The Morgan fingerprint density at radius 1 is 1.33 bits per heavy atom. The van der Waals surface area contributed by atoms with Crippen LogP contribution in [0.2, 0.25) is 0 Å². The summed E-state index contributed by atoms with van der Waals surface area (Å²) in [7, 11) is 1.97. The fraction of sp³-hybridized carbons (Fsp3) is 0.625. The molecule has 4 nitrogen and oxygen atoms in total. The van der Waals surface area contributed by atoms with Gasteiger partial charge in [0.25, 0.3) is 5.69 Å². The van der Waals surface area contributed by atoms with E-state index in [1.165, 1.54) is 19.3 Å². The minimum Gasteiger partial charge on any atom is -0.366 e. The third-order valence-corrected chi connectivity index (χ3v) is 5.02. The average Bonchev–Trinajstić information content (AvgIpc) is 2.53. The summed E-state index contributed by atoms with van der Waals surface area (Å²) in [5.41, 5.74) is 1.65. The van der Waals surface area contributed by atoms with Crippen molar-refractivity contribution in [2.24, 2.45) is 5.92 Å². The molecule has 1 aromatic carbocycles. The molecule has 0 N–H and O–H groups in total. The third-order valence-electron chi connectivity index (χ3n) is 4.71. The van der Waals surface area contributed by atoms with Gasteiger partial charge in [0.05, 0.1) is 4.92 Å². The molecule has 2 rings (SSSR count). The first-order valence-corrected chi connectivity index (χ1v) is 8.16. The molecule has 0 amide bonds.